The predicted octanol–water partition coefficient (Wildman–Crippen LogP) is 1.64. The number of aliphatic hydroxyl groups excluding tert-OH is 1. The molecule has 1 aromatic carbocycles. The number of fused-ring (bicyclic) bond motifs is 1. The van der Waals surface area contributed by atoms with E-state index < -0.39 is 0 Å². The van der Waals surface area contributed by atoms with Crippen LogP contribution >= 0.6 is 0 Å². The van der Waals surface area contributed by atoms with Gasteiger partial charge >= 0.3 is 6.09 Å². The Bertz CT molecular complexity index is 434. The Morgan fingerprint density at radius 2 is 2.17 bits per heavy atom. The van der Waals surface area contributed by atoms with Crippen molar-refractivity contribution in [2.24, 2.45) is 11.8 Å². The largest absolute Gasteiger partial charge is 0.445 e. The van der Waals surface area contributed by atoms with Crippen LogP contribution in [-0.4, -0.2) is 35.3 Å². The predicted molar refractivity (Wildman–Crippen MR) is 65.8 cm³/mol. The van der Waals surface area contributed by atoms with E-state index in [1.54, 1.807) is 4.90 Å². The minimum atomic E-state index is -0.301. The number of benzene rings is 1. The summed E-state index contributed by atoms with van der Waals surface area (Å²) in [6.07, 6.45) is 0.846. The maximum absolute atomic E-state index is 11.9. The molecule has 1 aliphatic carbocycles. The number of hydrogen-bond acceptors (Lipinski definition) is 3. The molecule has 1 saturated carbocycles. The zero-order valence-corrected chi connectivity index (χ0v) is 10.2. The maximum atomic E-state index is 11.9. The standard InChI is InChI=1S/C14H17NO3/c16-8-13-12-6-11(12)7-15(13)14(17)18-9-10-4-2-1-3-5-10/h1-5,11-13,16H,6-9H2/t11-,12?,13+/m0/s1. The van der Waals surface area contributed by atoms with E-state index in [1.807, 2.05) is 30.3 Å². The Hall–Kier alpha value is -1.55. The Morgan fingerprint density at radius 1 is 1.39 bits per heavy atom. The molecule has 2 aliphatic rings. The lowest BCUT2D eigenvalue weighted by molar-refractivity contribution is 0.0713. The molecule has 0 radical (unpaired) electrons. The molecule has 3 atom stereocenters. The van der Waals surface area contributed by atoms with Crippen LogP contribution in [0.3, 0.4) is 0 Å². The lowest BCUT2D eigenvalue weighted by atomic mass is 10.2. The minimum Gasteiger partial charge on any atom is -0.445 e. The van der Waals surface area contributed by atoms with Gasteiger partial charge in [0.1, 0.15) is 6.61 Å². The number of hydrogen-bond donors (Lipinski definition) is 1. The number of amides is 1. The molecule has 4 heteroatoms. The summed E-state index contributed by atoms with van der Waals surface area (Å²) in [4.78, 5) is 13.6. The molecule has 1 saturated heterocycles. The first-order chi connectivity index (χ1) is 8.79. The van der Waals surface area contributed by atoms with E-state index in [9.17, 15) is 9.90 Å². The lowest BCUT2D eigenvalue weighted by Gasteiger charge is -2.25. The van der Waals surface area contributed by atoms with Crippen LogP contribution in [0.1, 0.15) is 12.0 Å². The molecule has 1 unspecified atom stereocenters. The normalized spacial score (nSPS) is 28.9. The van der Waals surface area contributed by atoms with Crippen LogP contribution in [0.25, 0.3) is 0 Å². The summed E-state index contributed by atoms with van der Waals surface area (Å²) in [6, 6.07) is 9.60. The zero-order chi connectivity index (χ0) is 12.5. The number of likely N-dealkylation sites (tertiary alicyclic amines) is 1. The molecule has 1 N–H and O–H groups in total. The van der Waals surface area contributed by atoms with Crippen LogP contribution < -0.4 is 0 Å². The Morgan fingerprint density at radius 3 is 2.89 bits per heavy atom. The van der Waals surface area contributed by atoms with Gasteiger partial charge in [-0.2, -0.15) is 0 Å². The third kappa shape index (κ3) is 2.08. The van der Waals surface area contributed by atoms with Crippen molar-refractivity contribution in [3.05, 3.63) is 35.9 Å². The fourth-order valence-corrected chi connectivity index (χ4v) is 2.82. The van der Waals surface area contributed by atoms with Crippen molar-refractivity contribution in [2.45, 2.75) is 19.1 Å². The highest BCUT2D eigenvalue weighted by Gasteiger charge is 2.54. The lowest BCUT2D eigenvalue weighted by Crippen LogP contribution is -2.40. The van der Waals surface area contributed by atoms with Crippen molar-refractivity contribution in [1.29, 1.82) is 0 Å². The number of rotatable bonds is 3. The monoisotopic (exact) mass is 247 g/mol. The average Bonchev–Trinajstić information content (AvgIpc) is 3.09. The van der Waals surface area contributed by atoms with Crippen molar-refractivity contribution in [1.82, 2.24) is 4.90 Å². The summed E-state index contributed by atoms with van der Waals surface area (Å²) < 4.78 is 5.29. The van der Waals surface area contributed by atoms with Crippen molar-refractivity contribution in [3.63, 3.8) is 0 Å². The van der Waals surface area contributed by atoms with E-state index in [0.29, 0.717) is 18.4 Å². The van der Waals surface area contributed by atoms with Gasteiger partial charge in [0.2, 0.25) is 0 Å². The van der Waals surface area contributed by atoms with E-state index in [-0.39, 0.29) is 18.7 Å². The fourth-order valence-electron chi connectivity index (χ4n) is 2.82. The molecular formula is C14H17NO3. The van der Waals surface area contributed by atoms with E-state index in [1.165, 1.54) is 0 Å². The second kappa shape index (κ2) is 4.61. The van der Waals surface area contributed by atoms with Crippen LogP contribution in [-0.2, 0) is 11.3 Å². The minimum absolute atomic E-state index is 0.0294. The molecule has 1 heterocycles. The summed E-state index contributed by atoms with van der Waals surface area (Å²) in [6.45, 7) is 1.08. The van der Waals surface area contributed by atoms with Gasteiger partial charge < -0.3 is 14.7 Å². The Labute approximate surface area is 106 Å². The highest BCUT2D eigenvalue weighted by Crippen LogP contribution is 2.49. The van der Waals surface area contributed by atoms with E-state index >= 15 is 0 Å². The second-order valence-corrected chi connectivity index (χ2v) is 5.10. The van der Waals surface area contributed by atoms with Crippen molar-refractivity contribution in [2.75, 3.05) is 13.2 Å². The van der Waals surface area contributed by atoms with Gasteiger partial charge in [-0.3, -0.25) is 0 Å². The van der Waals surface area contributed by atoms with Gasteiger partial charge in [-0.05, 0) is 23.8 Å². The summed E-state index contributed by atoms with van der Waals surface area (Å²) in [5.74, 6) is 1.09. The summed E-state index contributed by atoms with van der Waals surface area (Å²) in [5, 5.41) is 9.32. The maximum Gasteiger partial charge on any atom is 0.410 e. The van der Waals surface area contributed by atoms with Gasteiger partial charge in [-0.1, -0.05) is 30.3 Å². The third-order valence-electron chi connectivity index (χ3n) is 3.93. The highest BCUT2D eigenvalue weighted by molar-refractivity contribution is 5.69. The van der Waals surface area contributed by atoms with Crippen molar-refractivity contribution >= 4 is 6.09 Å². The Balaban J connectivity index is 1.56. The molecule has 1 aromatic rings. The van der Waals surface area contributed by atoms with Gasteiger partial charge in [0.05, 0.1) is 12.6 Å². The van der Waals surface area contributed by atoms with E-state index in [2.05, 4.69) is 0 Å². The molecule has 0 aromatic heterocycles. The molecule has 2 fully saturated rings. The van der Waals surface area contributed by atoms with Crippen LogP contribution in [0.5, 0.6) is 0 Å². The Kier molecular flexibility index (Phi) is 2.96. The molecule has 3 rings (SSSR count). The van der Waals surface area contributed by atoms with Gasteiger partial charge in [0.25, 0.3) is 0 Å². The number of nitrogens with zero attached hydrogens (tertiary/aromatic N) is 1. The number of carbonyl (C=O) groups excluding carboxylic acids is 1. The van der Waals surface area contributed by atoms with Gasteiger partial charge in [0, 0.05) is 6.54 Å². The van der Waals surface area contributed by atoms with Crippen molar-refractivity contribution in [3.8, 4) is 0 Å². The number of ether oxygens (including phenoxy) is 1. The number of carbonyl (C=O) groups is 1. The third-order valence-corrected chi connectivity index (χ3v) is 3.93. The first-order valence-electron chi connectivity index (χ1n) is 6.38. The van der Waals surface area contributed by atoms with Crippen LogP contribution in [0.15, 0.2) is 30.3 Å². The second-order valence-electron chi connectivity index (χ2n) is 5.10. The van der Waals surface area contributed by atoms with Crippen molar-refractivity contribution < 1.29 is 14.6 Å². The van der Waals surface area contributed by atoms with Gasteiger partial charge in [0.15, 0.2) is 0 Å². The molecule has 0 spiro atoms. The molecule has 0 bridgehead atoms. The summed E-state index contributed by atoms with van der Waals surface area (Å²) in [7, 11) is 0. The first kappa shape index (κ1) is 11.5. The number of aliphatic hydroxyl groups is 1. The zero-order valence-electron chi connectivity index (χ0n) is 10.2. The topological polar surface area (TPSA) is 49.8 Å². The van der Waals surface area contributed by atoms with Crippen LogP contribution in [0.4, 0.5) is 4.79 Å². The molecule has 4 nitrogen and oxygen atoms in total. The fraction of sp³-hybridized carbons (Fsp3) is 0.500. The smallest absolute Gasteiger partial charge is 0.410 e. The molecular weight excluding hydrogens is 230 g/mol. The molecule has 96 valence electrons. The van der Waals surface area contributed by atoms with Gasteiger partial charge in [-0.15, -0.1) is 0 Å². The van der Waals surface area contributed by atoms with Crippen LogP contribution in [0.2, 0.25) is 0 Å². The SMILES string of the molecule is O=C(OCc1ccccc1)N1C[C@@H]2CC2[C@H]1CO. The number of piperidine rings is 1. The summed E-state index contributed by atoms with van der Waals surface area (Å²) in [5.41, 5.74) is 0.982. The van der Waals surface area contributed by atoms with E-state index in [0.717, 1.165) is 18.5 Å². The van der Waals surface area contributed by atoms with Crippen LogP contribution in [0, 0.1) is 11.8 Å². The summed E-state index contributed by atoms with van der Waals surface area (Å²) >= 11 is 0. The quantitative estimate of drug-likeness (QED) is 0.883. The highest BCUT2D eigenvalue weighted by atomic mass is 16.6. The first-order valence-corrected chi connectivity index (χ1v) is 6.38. The van der Waals surface area contributed by atoms with E-state index in [4.69, 9.17) is 4.74 Å². The average molecular weight is 247 g/mol. The molecule has 18 heavy (non-hydrogen) atoms. The molecule has 1 aliphatic heterocycles. The van der Waals surface area contributed by atoms with Gasteiger partial charge in [-0.25, -0.2) is 4.79 Å². The molecule has 1 amide bonds.